The molecule has 2 amide bonds. The molecule has 1 fully saturated rings. The predicted octanol–water partition coefficient (Wildman–Crippen LogP) is 0.866. The van der Waals surface area contributed by atoms with Crippen molar-refractivity contribution in [2.75, 3.05) is 20.1 Å². The van der Waals surface area contributed by atoms with Gasteiger partial charge in [0.1, 0.15) is 0 Å². The molecule has 1 aliphatic carbocycles. The van der Waals surface area contributed by atoms with Crippen molar-refractivity contribution in [1.82, 2.24) is 16.0 Å². The van der Waals surface area contributed by atoms with E-state index in [2.05, 4.69) is 20.9 Å². The Morgan fingerprint density at radius 1 is 1.35 bits per heavy atom. The molecule has 2 rings (SSSR count). The number of aliphatic imine (C=N–C) groups is 1. The van der Waals surface area contributed by atoms with E-state index in [0.29, 0.717) is 12.0 Å². The molecule has 0 bridgehead atoms. The van der Waals surface area contributed by atoms with E-state index >= 15 is 0 Å². The smallest absolute Gasteiger partial charge is 0.314 e. The zero-order valence-electron chi connectivity index (χ0n) is 10.5. The molecular weight excluding hydrogens is 216 g/mol. The lowest BCUT2D eigenvalue weighted by atomic mass is 9.85. The van der Waals surface area contributed by atoms with E-state index in [-0.39, 0.29) is 6.03 Å². The number of amidine groups is 1. The Hall–Kier alpha value is -1.26. The molecule has 0 saturated heterocycles. The number of carbonyl (C=O) groups is 1. The zero-order valence-corrected chi connectivity index (χ0v) is 10.5. The van der Waals surface area contributed by atoms with Crippen molar-refractivity contribution in [3.63, 3.8) is 0 Å². The highest BCUT2D eigenvalue weighted by atomic mass is 16.2. The third-order valence-electron chi connectivity index (χ3n) is 3.60. The van der Waals surface area contributed by atoms with Crippen molar-refractivity contribution in [1.29, 1.82) is 0 Å². The molecule has 0 aromatic heterocycles. The molecule has 0 aromatic carbocycles. The zero-order chi connectivity index (χ0) is 12.1. The van der Waals surface area contributed by atoms with Gasteiger partial charge in [-0.05, 0) is 32.1 Å². The van der Waals surface area contributed by atoms with E-state index in [1.54, 1.807) is 7.05 Å². The number of nitrogens with zero attached hydrogens (tertiary/aromatic N) is 1. The molecule has 5 heteroatoms. The maximum atomic E-state index is 11.2. The summed E-state index contributed by atoms with van der Waals surface area (Å²) in [6.45, 7) is 2.04. The van der Waals surface area contributed by atoms with E-state index in [1.165, 1.54) is 5.84 Å². The van der Waals surface area contributed by atoms with Gasteiger partial charge in [0.2, 0.25) is 0 Å². The molecule has 5 nitrogen and oxygen atoms in total. The fourth-order valence-electron chi connectivity index (χ4n) is 2.59. The van der Waals surface area contributed by atoms with Crippen LogP contribution in [0.15, 0.2) is 4.99 Å². The first-order chi connectivity index (χ1) is 8.29. The van der Waals surface area contributed by atoms with Crippen LogP contribution in [0.4, 0.5) is 4.79 Å². The molecule has 0 radical (unpaired) electrons. The second kappa shape index (κ2) is 5.89. The van der Waals surface area contributed by atoms with Gasteiger partial charge in [-0.25, -0.2) is 4.79 Å². The number of carbonyl (C=O) groups excluding carboxylic acids is 1. The highest BCUT2D eigenvalue weighted by molar-refractivity contribution is 5.85. The molecule has 3 N–H and O–H groups in total. The van der Waals surface area contributed by atoms with E-state index < -0.39 is 0 Å². The van der Waals surface area contributed by atoms with Gasteiger partial charge in [-0.15, -0.1) is 0 Å². The molecule has 0 spiro atoms. The van der Waals surface area contributed by atoms with E-state index in [4.69, 9.17) is 0 Å². The molecule has 1 heterocycles. The largest absolute Gasteiger partial charge is 0.374 e. The Bertz CT molecular complexity index is 295. The van der Waals surface area contributed by atoms with Crippen molar-refractivity contribution in [2.45, 2.75) is 38.1 Å². The second-order valence-corrected chi connectivity index (χ2v) is 4.82. The van der Waals surface area contributed by atoms with Crippen LogP contribution in [0.2, 0.25) is 0 Å². The summed E-state index contributed by atoms with van der Waals surface area (Å²) in [6.07, 6.45) is 5.51. The molecular formula is C12H22N4O. The van der Waals surface area contributed by atoms with Gasteiger partial charge in [0.25, 0.3) is 0 Å². The third kappa shape index (κ3) is 3.35. The Morgan fingerprint density at radius 3 is 2.71 bits per heavy atom. The van der Waals surface area contributed by atoms with Crippen molar-refractivity contribution >= 4 is 11.9 Å². The summed E-state index contributed by atoms with van der Waals surface area (Å²) in [7, 11) is 1.65. The normalized spacial score (nSPS) is 28.9. The van der Waals surface area contributed by atoms with E-state index in [1.807, 2.05) is 0 Å². The number of hydrogen-bond donors (Lipinski definition) is 3. The molecule has 0 atom stereocenters. The number of hydrogen-bond acceptors (Lipinski definition) is 3. The minimum absolute atomic E-state index is 0.0680. The van der Waals surface area contributed by atoms with Gasteiger partial charge in [-0.1, -0.05) is 0 Å². The van der Waals surface area contributed by atoms with Crippen LogP contribution < -0.4 is 16.0 Å². The molecule has 0 unspecified atom stereocenters. The molecule has 1 saturated carbocycles. The van der Waals surface area contributed by atoms with Gasteiger partial charge in [-0.2, -0.15) is 0 Å². The van der Waals surface area contributed by atoms with Gasteiger partial charge < -0.3 is 16.0 Å². The highest BCUT2D eigenvalue weighted by Crippen LogP contribution is 2.25. The van der Waals surface area contributed by atoms with Gasteiger partial charge in [0.15, 0.2) is 0 Å². The lowest BCUT2D eigenvalue weighted by Gasteiger charge is -2.31. The van der Waals surface area contributed by atoms with E-state index in [9.17, 15) is 4.79 Å². The standard InChI is InChI=1S/C12H22N4O/c1-13-12(17)16-10-5-3-9(4-6-10)11-14-7-2-8-15-11/h9-10H,2-8H2,1H3,(H,14,15)(H2,13,16,17). The maximum Gasteiger partial charge on any atom is 0.314 e. The number of urea groups is 1. The maximum absolute atomic E-state index is 11.2. The predicted molar refractivity (Wildman–Crippen MR) is 68.3 cm³/mol. The average molecular weight is 238 g/mol. The Balaban J connectivity index is 1.77. The quantitative estimate of drug-likeness (QED) is 0.668. The third-order valence-corrected chi connectivity index (χ3v) is 3.60. The number of rotatable bonds is 2. The topological polar surface area (TPSA) is 65.5 Å². The summed E-state index contributed by atoms with van der Waals surface area (Å²) in [6, 6.07) is 0.261. The van der Waals surface area contributed by atoms with Crippen LogP contribution in [0.1, 0.15) is 32.1 Å². The van der Waals surface area contributed by atoms with Gasteiger partial charge in [0, 0.05) is 32.1 Å². The monoisotopic (exact) mass is 238 g/mol. The van der Waals surface area contributed by atoms with Gasteiger partial charge >= 0.3 is 6.03 Å². The minimum atomic E-state index is -0.0680. The van der Waals surface area contributed by atoms with Crippen molar-refractivity contribution in [3.8, 4) is 0 Å². The summed E-state index contributed by atoms with van der Waals surface area (Å²) >= 11 is 0. The first-order valence-electron chi connectivity index (χ1n) is 6.56. The Morgan fingerprint density at radius 2 is 2.12 bits per heavy atom. The van der Waals surface area contributed by atoms with Gasteiger partial charge in [0.05, 0.1) is 5.84 Å². The van der Waals surface area contributed by atoms with Crippen molar-refractivity contribution in [3.05, 3.63) is 0 Å². The molecule has 17 heavy (non-hydrogen) atoms. The summed E-state index contributed by atoms with van der Waals surface area (Å²) in [5.41, 5.74) is 0. The van der Waals surface area contributed by atoms with Crippen LogP contribution in [-0.2, 0) is 0 Å². The number of amides is 2. The lowest BCUT2D eigenvalue weighted by molar-refractivity contribution is 0.232. The first kappa shape index (κ1) is 12.2. The first-order valence-corrected chi connectivity index (χ1v) is 6.56. The molecule has 2 aliphatic rings. The number of nitrogens with one attached hydrogen (secondary N) is 3. The Labute approximate surface area is 102 Å². The molecule has 96 valence electrons. The highest BCUT2D eigenvalue weighted by Gasteiger charge is 2.26. The van der Waals surface area contributed by atoms with Crippen molar-refractivity contribution < 1.29 is 4.79 Å². The fourth-order valence-corrected chi connectivity index (χ4v) is 2.59. The van der Waals surface area contributed by atoms with Crippen molar-refractivity contribution in [2.24, 2.45) is 10.9 Å². The average Bonchev–Trinajstić information content (AvgIpc) is 2.40. The molecule has 0 aromatic rings. The van der Waals surface area contributed by atoms with E-state index in [0.717, 1.165) is 45.2 Å². The summed E-state index contributed by atoms with van der Waals surface area (Å²) in [5.74, 6) is 1.78. The van der Waals surface area contributed by atoms with Crippen LogP contribution in [0.25, 0.3) is 0 Å². The van der Waals surface area contributed by atoms with Crippen LogP contribution in [0, 0.1) is 5.92 Å². The van der Waals surface area contributed by atoms with Gasteiger partial charge in [-0.3, -0.25) is 4.99 Å². The summed E-state index contributed by atoms with van der Waals surface area (Å²) in [5, 5.41) is 8.99. The van der Waals surface area contributed by atoms with Crippen LogP contribution in [0.3, 0.4) is 0 Å². The fraction of sp³-hybridized carbons (Fsp3) is 0.833. The minimum Gasteiger partial charge on any atom is -0.374 e. The van der Waals surface area contributed by atoms with Crippen LogP contribution >= 0.6 is 0 Å². The van der Waals surface area contributed by atoms with Crippen LogP contribution in [0.5, 0.6) is 0 Å². The Kier molecular flexibility index (Phi) is 4.23. The SMILES string of the molecule is CNC(=O)NC1CCC(C2=NCCCN2)CC1. The van der Waals surface area contributed by atoms with Crippen LogP contribution in [-0.4, -0.2) is 38.0 Å². The molecule has 1 aliphatic heterocycles. The second-order valence-electron chi connectivity index (χ2n) is 4.82. The summed E-state index contributed by atoms with van der Waals surface area (Å²) < 4.78 is 0. The lowest BCUT2D eigenvalue weighted by Crippen LogP contribution is -2.44. The summed E-state index contributed by atoms with van der Waals surface area (Å²) in [4.78, 5) is 15.8.